The summed E-state index contributed by atoms with van der Waals surface area (Å²) in [7, 11) is -0.377. The van der Waals surface area contributed by atoms with Crippen LogP contribution in [0, 0.1) is 5.82 Å². The largest absolute Gasteiger partial charge is 0.416 e. The molecule has 0 radical (unpaired) electrons. The molecule has 0 N–H and O–H groups in total. The summed E-state index contributed by atoms with van der Waals surface area (Å²) in [5.74, 6) is -1.05. The van der Waals surface area contributed by atoms with Gasteiger partial charge < -0.3 is 4.90 Å². The van der Waals surface area contributed by atoms with Crippen LogP contribution < -0.4 is 0 Å². The predicted molar refractivity (Wildman–Crippen MR) is 103 cm³/mol. The monoisotopic (exact) mass is 430 g/mol. The number of allylic oxidation sites excluding steroid dienone is 6. The van der Waals surface area contributed by atoms with Gasteiger partial charge in [0.2, 0.25) is 10.0 Å². The van der Waals surface area contributed by atoms with Crippen LogP contribution in [0.2, 0.25) is 0 Å². The van der Waals surface area contributed by atoms with Crippen molar-refractivity contribution in [3.8, 4) is 0 Å². The summed E-state index contributed by atoms with van der Waals surface area (Å²) in [6, 6.07) is 3.21. The van der Waals surface area contributed by atoms with E-state index in [0.717, 1.165) is 18.2 Å². The van der Waals surface area contributed by atoms with Crippen LogP contribution in [0.15, 0.2) is 53.0 Å². The lowest BCUT2D eigenvalue weighted by atomic mass is 9.97. The van der Waals surface area contributed by atoms with E-state index in [-0.39, 0.29) is 36.7 Å². The molecule has 2 aliphatic rings. The second-order valence-electron chi connectivity index (χ2n) is 7.30. The zero-order valence-corrected chi connectivity index (χ0v) is 16.9. The predicted octanol–water partition coefficient (Wildman–Crippen LogP) is 3.98. The van der Waals surface area contributed by atoms with E-state index < -0.39 is 32.5 Å². The highest BCUT2D eigenvalue weighted by atomic mass is 32.2. The molecule has 3 rings (SSSR count). The summed E-state index contributed by atoms with van der Waals surface area (Å²) >= 11 is 0. The highest BCUT2D eigenvalue weighted by molar-refractivity contribution is 7.89. The van der Waals surface area contributed by atoms with Crippen LogP contribution in [-0.2, 0) is 10.0 Å². The van der Waals surface area contributed by atoms with Gasteiger partial charge in [-0.15, -0.1) is 0 Å². The van der Waals surface area contributed by atoms with E-state index in [1.54, 1.807) is 6.08 Å². The maximum absolute atomic E-state index is 14.8. The summed E-state index contributed by atoms with van der Waals surface area (Å²) in [6.45, 7) is 0.515. The quantitative estimate of drug-likeness (QED) is 0.679. The fourth-order valence-corrected chi connectivity index (χ4v) is 5.09. The van der Waals surface area contributed by atoms with Crippen molar-refractivity contribution in [2.24, 2.45) is 0 Å². The van der Waals surface area contributed by atoms with Crippen molar-refractivity contribution in [2.45, 2.75) is 30.0 Å². The standard InChI is InChI=1S/C20H22F4N2O2S/c1-25(2)15-10-11-26(13-15)29(27,28)19-9-8-14(12-18(19)21)16-6-4-3-5-7-17(16)20(22,23)24/h3-5,7-9,12,15H,6,10-11,13H2,1-2H3. The highest BCUT2D eigenvalue weighted by Gasteiger charge is 2.37. The van der Waals surface area contributed by atoms with E-state index in [1.807, 2.05) is 19.0 Å². The van der Waals surface area contributed by atoms with Crippen LogP contribution in [-0.4, -0.2) is 57.0 Å². The van der Waals surface area contributed by atoms with Crippen molar-refractivity contribution in [1.82, 2.24) is 9.21 Å². The number of hydrogen-bond donors (Lipinski definition) is 0. The van der Waals surface area contributed by atoms with Crippen molar-refractivity contribution in [1.29, 1.82) is 0 Å². The summed E-state index contributed by atoms with van der Waals surface area (Å²) < 4.78 is 81.9. The Labute approximate surface area is 167 Å². The molecule has 1 aromatic rings. The molecule has 0 bridgehead atoms. The van der Waals surface area contributed by atoms with Gasteiger partial charge in [0.1, 0.15) is 10.7 Å². The first-order valence-corrected chi connectivity index (χ1v) is 10.6. The molecule has 158 valence electrons. The first-order valence-electron chi connectivity index (χ1n) is 9.12. The minimum atomic E-state index is -4.60. The Morgan fingerprint density at radius 3 is 2.48 bits per heavy atom. The minimum absolute atomic E-state index is 0.0116. The van der Waals surface area contributed by atoms with Crippen LogP contribution in [0.1, 0.15) is 18.4 Å². The number of halogens is 4. The number of nitrogens with zero attached hydrogens (tertiary/aromatic N) is 2. The van der Waals surface area contributed by atoms with Gasteiger partial charge in [-0.3, -0.25) is 0 Å². The molecule has 1 atom stereocenters. The number of benzene rings is 1. The average molecular weight is 430 g/mol. The van der Waals surface area contributed by atoms with Gasteiger partial charge in [0.25, 0.3) is 0 Å². The Morgan fingerprint density at radius 2 is 1.90 bits per heavy atom. The molecule has 1 aliphatic heterocycles. The van der Waals surface area contributed by atoms with Crippen molar-refractivity contribution in [3.63, 3.8) is 0 Å². The van der Waals surface area contributed by atoms with E-state index in [2.05, 4.69) is 0 Å². The highest BCUT2D eigenvalue weighted by Crippen LogP contribution is 2.37. The molecular weight excluding hydrogens is 408 g/mol. The molecule has 0 amide bonds. The molecule has 1 aromatic carbocycles. The molecule has 1 heterocycles. The van der Waals surface area contributed by atoms with Crippen molar-refractivity contribution >= 4 is 15.6 Å². The van der Waals surface area contributed by atoms with Crippen LogP contribution in [0.4, 0.5) is 17.6 Å². The van der Waals surface area contributed by atoms with Gasteiger partial charge in [-0.2, -0.15) is 17.5 Å². The van der Waals surface area contributed by atoms with Gasteiger partial charge >= 0.3 is 6.18 Å². The number of hydrogen-bond acceptors (Lipinski definition) is 3. The van der Waals surface area contributed by atoms with Crippen LogP contribution in [0.3, 0.4) is 0 Å². The third-order valence-electron chi connectivity index (χ3n) is 5.22. The molecule has 9 heteroatoms. The van der Waals surface area contributed by atoms with Crippen molar-refractivity contribution in [3.05, 3.63) is 59.5 Å². The van der Waals surface area contributed by atoms with Gasteiger partial charge in [0, 0.05) is 19.1 Å². The molecule has 29 heavy (non-hydrogen) atoms. The molecule has 4 nitrogen and oxygen atoms in total. The van der Waals surface area contributed by atoms with Gasteiger partial charge in [-0.1, -0.05) is 24.3 Å². The second kappa shape index (κ2) is 8.04. The summed E-state index contributed by atoms with van der Waals surface area (Å²) in [4.78, 5) is 1.39. The number of likely N-dealkylation sites (N-methyl/N-ethyl adjacent to an activating group) is 1. The molecule has 1 aliphatic carbocycles. The van der Waals surface area contributed by atoms with Gasteiger partial charge in [0.15, 0.2) is 0 Å². The lowest BCUT2D eigenvalue weighted by Gasteiger charge is -2.21. The average Bonchev–Trinajstić information content (AvgIpc) is 3.00. The van der Waals surface area contributed by atoms with Crippen molar-refractivity contribution in [2.75, 3.05) is 27.2 Å². The lowest BCUT2D eigenvalue weighted by molar-refractivity contribution is -0.0877. The zero-order valence-electron chi connectivity index (χ0n) is 16.1. The number of alkyl halides is 3. The third-order valence-corrected chi connectivity index (χ3v) is 7.12. The molecule has 0 aromatic heterocycles. The number of rotatable bonds is 4. The Kier molecular flexibility index (Phi) is 6.03. The van der Waals surface area contributed by atoms with Crippen molar-refractivity contribution < 1.29 is 26.0 Å². The lowest BCUT2D eigenvalue weighted by Crippen LogP contribution is -2.34. The summed E-state index contributed by atoms with van der Waals surface area (Å²) in [5.41, 5.74) is -0.956. The summed E-state index contributed by atoms with van der Waals surface area (Å²) in [5, 5.41) is 0. The smallest absolute Gasteiger partial charge is 0.305 e. The van der Waals surface area contributed by atoms with Gasteiger partial charge in [-0.05, 0) is 56.3 Å². The maximum Gasteiger partial charge on any atom is 0.416 e. The fraction of sp³-hybridized carbons (Fsp3) is 0.400. The van der Waals surface area contributed by atoms with E-state index in [9.17, 15) is 26.0 Å². The second-order valence-corrected chi connectivity index (χ2v) is 9.20. The zero-order chi connectivity index (χ0) is 21.4. The van der Waals surface area contributed by atoms with Gasteiger partial charge in [-0.25, -0.2) is 12.8 Å². The van der Waals surface area contributed by atoms with E-state index >= 15 is 0 Å². The molecular formula is C20H22F4N2O2S. The van der Waals surface area contributed by atoms with E-state index in [4.69, 9.17) is 0 Å². The molecule has 0 spiro atoms. The number of sulfonamides is 1. The van der Waals surface area contributed by atoms with E-state index in [1.165, 1.54) is 22.5 Å². The first kappa shape index (κ1) is 21.7. The Morgan fingerprint density at radius 1 is 1.17 bits per heavy atom. The van der Waals surface area contributed by atoms with Gasteiger partial charge in [0.05, 0.1) is 5.57 Å². The normalized spacial score (nSPS) is 21.3. The topological polar surface area (TPSA) is 40.6 Å². The molecule has 1 fully saturated rings. The third kappa shape index (κ3) is 4.46. The maximum atomic E-state index is 14.8. The fourth-order valence-electron chi connectivity index (χ4n) is 3.55. The Hall–Kier alpha value is -1.97. The first-order chi connectivity index (χ1) is 13.5. The Bertz CT molecular complexity index is 979. The van der Waals surface area contributed by atoms with Crippen LogP contribution in [0.25, 0.3) is 5.57 Å². The minimum Gasteiger partial charge on any atom is -0.305 e. The Balaban J connectivity index is 1.98. The van der Waals surface area contributed by atoms with Crippen LogP contribution >= 0.6 is 0 Å². The molecule has 1 saturated heterocycles. The van der Waals surface area contributed by atoms with Crippen LogP contribution in [0.5, 0.6) is 0 Å². The SMILES string of the molecule is CN(C)C1CCN(S(=O)(=O)c2ccc(C3=C(C(F)(F)F)C=CC=CC3)cc2F)C1. The summed E-state index contributed by atoms with van der Waals surface area (Å²) in [6.07, 6.45) is 1.24. The molecule has 1 unspecified atom stereocenters. The molecule has 0 saturated carbocycles. The van der Waals surface area contributed by atoms with E-state index in [0.29, 0.717) is 6.42 Å².